The molecule has 3 nitrogen and oxygen atoms in total. The molecule has 0 saturated carbocycles. The van der Waals surface area contributed by atoms with E-state index in [1.165, 1.54) is 22.5 Å². The van der Waals surface area contributed by atoms with Gasteiger partial charge in [0.05, 0.1) is 29.2 Å². The quantitative estimate of drug-likeness (QED) is 0.923. The minimum Gasteiger partial charge on any atom is -0.387 e. The SMILES string of the molecule is OC(CC1OCCc2ccccc21)c1cncs1. The minimum absolute atomic E-state index is 0.00736. The largest absolute Gasteiger partial charge is 0.387 e. The predicted octanol–water partition coefficient (Wildman–Crippen LogP) is 2.88. The monoisotopic (exact) mass is 261 g/mol. The third kappa shape index (κ3) is 2.32. The van der Waals surface area contributed by atoms with E-state index in [1.807, 2.05) is 6.07 Å². The Bertz CT molecular complexity index is 512. The van der Waals surface area contributed by atoms with E-state index in [-0.39, 0.29) is 6.10 Å². The summed E-state index contributed by atoms with van der Waals surface area (Å²) < 4.78 is 5.80. The lowest BCUT2D eigenvalue weighted by Gasteiger charge is -2.27. The molecule has 2 atom stereocenters. The van der Waals surface area contributed by atoms with Gasteiger partial charge in [-0.05, 0) is 17.5 Å². The molecule has 94 valence electrons. The number of hydrogen-bond donors (Lipinski definition) is 1. The molecule has 1 N–H and O–H groups in total. The summed E-state index contributed by atoms with van der Waals surface area (Å²) in [4.78, 5) is 4.90. The van der Waals surface area contributed by atoms with Crippen molar-refractivity contribution in [3.8, 4) is 0 Å². The molecule has 0 aliphatic carbocycles. The van der Waals surface area contributed by atoms with E-state index in [1.54, 1.807) is 11.7 Å². The van der Waals surface area contributed by atoms with E-state index in [9.17, 15) is 5.11 Å². The van der Waals surface area contributed by atoms with E-state index in [2.05, 4.69) is 23.2 Å². The molecule has 0 radical (unpaired) electrons. The molecule has 0 spiro atoms. The number of hydrogen-bond acceptors (Lipinski definition) is 4. The highest BCUT2D eigenvalue weighted by Gasteiger charge is 2.24. The van der Waals surface area contributed by atoms with Crippen molar-refractivity contribution in [3.05, 3.63) is 52.0 Å². The Labute approximate surface area is 110 Å². The Balaban J connectivity index is 1.78. The fourth-order valence-corrected chi connectivity index (χ4v) is 3.00. The number of ether oxygens (including phenoxy) is 1. The highest BCUT2D eigenvalue weighted by molar-refractivity contribution is 7.09. The number of benzene rings is 1. The zero-order chi connectivity index (χ0) is 12.4. The number of thiazole rings is 1. The number of nitrogens with zero attached hydrogens (tertiary/aromatic N) is 1. The van der Waals surface area contributed by atoms with Crippen molar-refractivity contribution in [1.82, 2.24) is 4.98 Å². The minimum atomic E-state index is -0.492. The number of aromatic nitrogens is 1. The van der Waals surface area contributed by atoms with Crippen LogP contribution in [0, 0.1) is 0 Å². The van der Waals surface area contributed by atoms with E-state index < -0.39 is 6.10 Å². The highest BCUT2D eigenvalue weighted by Crippen LogP contribution is 2.34. The summed E-state index contributed by atoms with van der Waals surface area (Å²) in [6.07, 6.45) is 2.78. The van der Waals surface area contributed by atoms with E-state index in [0.29, 0.717) is 6.42 Å². The normalized spacial score (nSPS) is 20.4. The number of aliphatic hydroxyl groups excluding tert-OH is 1. The van der Waals surface area contributed by atoms with Crippen molar-refractivity contribution in [2.45, 2.75) is 25.0 Å². The molecule has 2 heterocycles. The smallest absolute Gasteiger partial charge is 0.0926 e. The molecule has 0 saturated heterocycles. The Kier molecular flexibility index (Phi) is 3.41. The fourth-order valence-electron chi connectivity index (χ4n) is 2.38. The number of fused-ring (bicyclic) bond motifs is 1. The van der Waals surface area contributed by atoms with Crippen LogP contribution in [0.2, 0.25) is 0 Å². The summed E-state index contributed by atoms with van der Waals surface area (Å²) in [6.45, 7) is 0.733. The van der Waals surface area contributed by atoms with Gasteiger partial charge in [-0.15, -0.1) is 11.3 Å². The topological polar surface area (TPSA) is 42.4 Å². The summed E-state index contributed by atoms with van der Waals surface area (Å²) in [5.41, 5.74) is 4.30. The first kappa shape index (κ1) is 11.8. The van der Waals surface area contributed by atoms with Crippen LogP contribution in [0.4, 0.5) is 0 Å². The Morgan fingerprint density at radius 1 is 1.44 bits per heavy atom. The molecule has 18 heavy (non-hydrogen) atoms. The molecule has 4 heteroatoms. The summed E-state index contributed by atoms with van der Waals surface area (Å²) in [6, 6.07) is 8.32. The van der Waals surface area contributed by atoms with E-state index >= 15 is 0 Å². The molecule has 2 unspecified atom stereocenters. The van der Waals surface area contributed by atoms with Crippen molar-refractivity contribution in [3.63, 3.8) is 0 Å². The molecule has 0 amide bonds. The van der Waals surface area contributed by atoms with Crippen molar-refractivity contribution in [1.29, 1.82) is 0 Å². The molecule has 1 aliphatic heterocycles. The van der Waals surface area contributed by atoms with Gasteiger partial charge in [-0.25, -0.2) is 0 Å². The van der Waals surface area contributed by atoms with Crippen LogP contribution in [0.5, 0.6) is 0 Å². The van der Waals surface area contributed by atoms with Gasteiger partial charge in [0.2, 0.25) is 0 Å². The number of rotatable bonds is 3. The van der Waals surface area contributed by atoms with Crippen LogP contribution in [-0.4, -0.2) is 16.7 Å². The van der Waals surface area contributed by atoms with Crippen LogP contribution in [-0.2, 0) is 11.2 Å². The maximum atomic E-state index is 10.2. The maximum absolute atomic E-state index is 10.2. The first-order chi connectivity index (χ1) is 8.84. The van der Waals surface area contributed by atoms with Crippen LogP contribution in [0.3, 0.4) is 0 Å². The Morgan fingerprint density at radius 3 is 3.17 bits per heavy atom. The zero-order valence-electron chi connectivity index (χ0n) is 9.95. The third-order valence-electron chi connectivity index (χ3n) is 3.31. The Morgan fingerprint density at radius 2 is 2.33 bits per heavy atom. The van der Waals surface area contributed by atoms with Gasteiger partial charge >= 0.3 is 0 Å². The molecule has 1 aromatic carbocycles. The van der Waals surface area contributed by atoms with Gasteiger partial charge in [-0.2, -0.15) is 0 Å². The summed E-state index contributed by atoms with van der Waals surface area (Å²) in [5, 5.41) is 10.2. The summed E-state index contributed by atoms with van der Waals surface area (Å²) >= 11 is 1.48. The van der Waals surface area contributed by atoms with Gasteiger partial charge in [-0.3, -0.25) is 4.98 Å². The number of aliphatic hydroxyl groups is 1. The first-order valence-electron chi connectivity index (χ1n) is 6.10. The van der Waals surface area contributed by atoms with Crippen molar-refractivity contribution >= 4 is 11.3 Å². The Hall–Kier alpha value is -1.23. The molecule has 1 aromatic heterocycles. The second kappa shape index (κ2) is 5.18. The van der Waals surface area contributed by atoms with Gasteiger partial charge in [0.15, 0.2) is 0 Å². The van der Waals surface area contributed by atoms with Gasteiger partial charge in [-0.1, -0.05) is 24.3 Å². The first-order valence-corrected chi connectivity index (χ1v) is 6.98. The van der Waals surface area contributed by atoms with Crippen molar-refractivity contribution in [2.75, 3.05) is 6.61 Å². The third-order valence-corrected chi connectivity index (χ3v) is 4.19. The maximum Gasteiger partial charge on any atom is 0.0926 e. The molecular formula is C14H15NO2S. The van der Waals surface area contributed by atoms with Gasteiger partial charge < -0.3 is 9.84 Å². The predicted molar refractivity (Wildman–Crippen MR) is 70.5 cm³/mol. The van der Waals surface area contributed by atoms with Crippen LogP contribution in [0.1, 0.15) is 34.6 Å². The standard InChI is InChI=1S/C14H15NO2S/c16-12(14-8-15-9-18-14)7-13-11-4-2-1-3-10(11)5-6-17-13/h1-4,8-9,12-13,16H,5-7H2. The molecule has 1 aliphatic rings. The molecule has 3 rings (SSSR count). The molecule has 0 fully saturated rings. The summed E-state index contributed by atoms with van der Waals surface area (Å²) in [7, 11) is 0. The lowest BCUT2D eigenvalue weighted by atomic mass is 9.94. The zero-order valence-corrected chi connectivity index (χ0v) is 10.8. The lowest BCUT2D eigenvalue weighted by molar-refractivity contribution is 0.00453. The fraction of sp³-hybridized carbons (Fsp3) is 0.357. The van der Waals surface area contributed by atoms with Crippen LogP contribution >= 0.6 is 11.3 Å². The van der Waals surface area contributed by atoms with Crippen LogP contribution in [0.25, 0.3) is 0 Å². The second-order valence-corrected chi connectivity index (χ2v) is 5.38. The highest BCUT2D eigenvalue weighted by atomic mass is 32.1. The molecule has 0 bridgehead atoms. The van der Waals surface area contributed by atoms with E-state index in [4.69, 9.17) is 4.74 Å². The van der Waals surface area contributed by atoms with Gasteiger partial charge in [0, 0.05) is 12.6 Å². The molecule has 2 aromatic rings. The van der Waals surface area contributed by atoms with Crippen molar-refractivity contribution in [2.24, 2.45) is 0 Å². The van der Waals surface area contributed by atoms with Crippen LogP contribution in [0.15, 0.2) is 36.0 Å². The van der Waals surface area contributed by atoms with Crippen LogP contribution < -0.4 is 0 Å². The van der Waals surface area contributed by atoms with E-state index in [0.717, 1.165) is 17.9 Å². The lowest BCUT2D eigenvalue weighted by Crippen LogP contribution is -2.18. The second-order valence-electron chi connectivity index (χ2n) is 4.46. The summed E-state index contributed by atoms with van der Waals surface area (Å²) in [5.74, 6) is 0. The average molecular weight is 261 g/mol. The average Bonchev–Trinajstić information content (AvgIpc) is 2.93. The van der Waals surface area contributed by atoms with Crippen molar-refractivity contribution < 1.29 is 9.84 Å². The molecular weight excluding hydrogens is 246 g/mol. The van der Waals surface area contributed by atoms with Gasteiger partial charge in [0.1, 0.15) is 0 Å². The van der Waals surface area contributed by atoms with Gasteiger partial charge in [0.25, 0.3) is 0 Å².